The monoisotopic (exact) mass is 299 g/mol. The highest BCUT2D eigenvalue weighted by Crippen LogP contribution is 2.31. The molecule has 0 saturated heterocycles. The fourth-order valence-corrected chi connectivity index (χ4v) is 2.24. The number of rotatable bonds is 3. The Balaban J connectivity index is 2.19. The van der Waals surface area contributed by atoms with Crippen LogP contribution in [0.15, 0.2) is 30.3 Å². The van der Waals surface area contributed by atoms with Crippen LogP contribution < -0.4 is 5.32 Å². The molecule has 0 aromatic heterocycles. The fraction of sp³-hybridized carbons (Fsp3) is 0.143. The minimum absolute atomic E-state index is 0.0499. The molecule has 0 amide bonds. The van der Waals surface area contributed by atoms with E-state index in [1.807, 2.05) is 6.92 Å². The molecule has 2 rings (SSSR count). The summed E-state index contributed by atoms with van der Waals surface area (Å²) in [5, 5.41) is 13.3. The number of phenols is 1. The molecule has 0 saturated carbocycles. The first kappa shape index (κ1) is 14.0. The Morgan fingerprint density at radius 3 is 2.63 bits per heavy atom. The number of halogens is 3. The first-order valence-corrected chi connectivity index (χ1v) is 6.40. The largest absolute Gasteiger partial charge is 0.506 e. The molecule has 2 aromatic rings. The van der Waals surface area contributed by atoms with Crippen LogP contribution in [0.3, 0.4) is 0 Å². The van der Waals surface area contributed by atoms with E-state index >= 15 is 0 Å². The van der Waals surface area contributed by atoms with Gasteiger partial charge >= 0.3 is 0 Å². The Labute approximate surface area is 120 Å². The van der Waals surface area contributed by atoms with Gasteiger partial charge in [-0.25, -0.2) is 4.39 Å². The van der Waals surface area contributed by atoms with Gasteiger partial charge in [0, 0.05) is 17.1 Å². The third-order valence-electron chi connectivity index (χ3n) is 2.70. The predicted molar refractivity (Wildman–Crippen MR) is 76.6 cm³/mol. The number of nitrogens with one attached hydrogen (secondary N) is 1. The van der Waals surface area contributed by atoms with Crippen molar-refractivity contribution in [3.63, 3.8) is 0 Å². The molecule has 0 bridgehead atoms. The molecule has 19 heavy (non-hydrogen) atoms. The summed E-state index contributed by atoms with van der Waals surface area (Å²) >= 11 is 11.7. The molecular weight excluding hydrogens is 288 g/mol. The second kappa shape index (κ2) is 5.68. The van der Waals surface area contributed by atoms with Crippen LogP contribution >= 0.6 is 23.2 Å². The van der Waals surface area contributed by atoms with E-state index in [9.17, 15) is 9.50 Å². The molecule has 2 nitrogen and oxygen atoms in total. The number of hydrogen-bond donors (Lipinski definition) is 2. The smallest absolute Gasteiger partial charge is 0.146 e. The summed E-state index contributed by atoms with van der Waals surface area (Å²) in [7, 11) is 0. The van der Waals surface area contributed by atoms with Crippen molar-refractivity contribution in [1.82, 2.24) is 0 Å². The third-order valence-corrected chi connectivity index (χ3v) is 3.21. The minimum Gasteiger partial charge on any atom is -0.506 e. The summed E-state index contributed by atoms with van der Waals surface area (Å²) in [5.74, 6) is -0.390. The van der Waals surface area contributed by atoms with Crippen molar-refractivity contribution in [1.29, 1.82) is 0 Å². The summed E-state index contributed by atoms with van der Waals surface area (Å²) < 4.78 is 13.6. The molecule has 100 valence electrons. The standard InChI is InChI=1S/C14H12Cl2FNO/c1-8-2-3-13(12(17)4-8)18-7-9-5-10(15)6-11(16)14(9)19/h2-6,18-19H,7H2,1H3. The molecule has 0 heterocycles. The SMILES string of the molecule is Cc1ccc(NCc2cc(Cl)cc(Cl)c2O)c(F)c1. The van der Waals surface area contributed by atoms with Crippen LogP contribution in [0.25, 0.3) is 0 Å². The quantitative estimate of drug-likeness (QED) is 0.856. The van der Waals surface area contributed by atoms with Crippen molar-refractivity contribution in [2.24, 2.45) is 0 Å². The maximum atomic E-state index is 13.6. The minimum atomic E-state index is -0.340. The Bertz CT molecular complexity index is 617. The van der Waals surface area contributed by atoms with E-state index in [1.54, 1.807) is 18.2 Å². The number of aryl methyl sites for hydroxylation is 1. The molecule has 2 N–H and O–H groups in total. The summed E-state index contributed by atoms with van der Waals surface area (Å²) in [5.41, 5.74) is 1.72. The van der Waals surface area contributed by atoms with E-state index < -0.39 is 0 Å². The second-order valence-electron chi connectivity index (χ2n) is 4.23. The highest BCUT2D eigenvalue weighted by Gasteiger charge is 2.09. The van der Waals surface area contributed by atoms with Crippen molar-refractivity contribution in [3.8, 4) is 5.75 Å². The van der Waals surface area contributed by atoms with E-state index in [0.29, 0.717) is 16.3 Å². The molecule has 0 aliphatic rings. The number of hydrogen-bond acceptors (Lipinski definition) is 2. The average molecular weight is 300 g/mol. The van der Waals surface area contributed by atoms with Crippen LogP contribution in [0.2, 0.25) is 10.0 Å². The van der Waals surface area contributed by atoms with Gasteiger partial charge < -0.3 is 10.4 Å². The van der Waals surface area contributed by atoms with Crippen molar-refractivity contribution >= 4 is 28.9 Å². The van der Waals surface area contributed by atoms with Crippen molar-refractivity contribution in [2.75, 3.05) is 5.32 Å². The lowest BCUT2D eigenvalue weighted by molar-refractivity contribution is 0.469. The first-order valence-electron chi connectivity index (χ1n) is 5.64. The summed E-state index contributed by atoms with van der Waals surface area (Å²) in [6.07, 6.45) is 0. The van der Waals surface area contributed by atoms with Crippen LogP contribution in [0.1, 0.15) is 11.1 Å². The molecule has 0 radical (unpaired) electrons. The fourth-order valence-electron chi connectivity index (χ4n) is 1.71. The average Bonchev–Trinajstić information content (AvgIpc) is 2.33. The van der Waals surface area contributed by atoms with Crippen LogP contribution in [-0.4, -0.2) is 5.11 Å². The van der Waals surface area contributed by atoms with Gasteiger partial charge in [-0.05, 0) is 36.8 Å². The zero-order chi connectivity index (χ0) is 14.0. The van der Waals surface area contributed by atoms with E-state index in [4.69, 9.17) is 23.2 Å². The highest BCUT2D eigenvalue weighted by atomic mass is 35.5. The van der Waals surface area contributed by atoms with Gasteiger partial charge in [0.25, 0.3) is 0 Å². The van der Waals surface area contributed by atoms with E-state index in [0.717, 1.165) is 5.56 Å². The van der Waals surface area contributed by atoms with Crippen LogP contribution in [0.4, 0.5) is 10.1 Å². The van der Waals surface area contributed by atoms with Gasteiger partial charge in [0.05, 0.1) is 10.7 Å². The van der Waals surface area contributed by atoms with Crippen molar-refractivity contribution < 1.29 is 9.50 Å². The molecule has 2 aromatic carbocycles. The molecule has 0 unspecified atom stereocenters. The van der Waals surface area contributed by atoms with Crippen LogP contribution in [0, 0.1) is 12.7 Å². The maximum absolute atomic E-state index is 13.6. The summed E-state index contributed by atoms with van der Waals surface area (Å²) in [4.78, 5) is 0. The van der Waals surface area contributed by atoms with Crippen LogP contribution in [0.5, 0.6) is 5.75 Å². The second-order valence-corrected chi connectivity index (χ2v) is 5.08. The third kappa shape index (κ3) is 3.31. The molecule has 0 aliphatic carbocycles. The zero-order valence-corrected chi connectivity index (χ0v) is 11.7. The lowest BCUT2D eigenvalue weighted by Crippen LogP contribution is -2.02. The molecule has 0 spiro atoms. The number of phenolic OH excluding ortho intramolecular Hbond substituents is 1. The lowest BCUT2D eigenvalue weighted by Gasteiger charge is -2.11. The van der Waals surface area contributed by atoms with Gasteiger partial charge in [0.2, 0.25) is 0 Å². The molecule has 0 atom stereocenters. The predicted octanol–water partition coefficient (Wildman–Crippen LogP) is 4.76. The van der Waals surface area contributed by atoms with Crippen molar-refractivity contribution in [3.05, 3.63) is 57.3 Å². The topological polar surface area (TPSA) is 32.3 Å². The van der Waals surface area contributed by atoms with E-state index in [-0.39, 0.29) is 23.1 Å². The van der Waals surface area contributed by atoms with E-state index in [2.05, 4.69) is 5.32 Å². The Hall–Kier alpha value is -1.45. The molecule has 5 heteroatoms. The first-order chi connectivity index (χ1) is 8.97. The van der Waals surface area contributed by atoms with Gasteiger partial charge in [0.15, 0.2) is 0 Å². The summed E-state index contributed by atoms with van der Waals surface area (Å²) in [6, 6.07) is 7.92. The van der Waals surface area contributed by atoms with Gasteiger partial charge in [-0.15, -0.1) is 0 Å². The molecular formula is C14H12Cl2FNO. The van der Waals surface area contributed by atoms with Crippen LogP contribution in [-0.2, 0) is 6.54 Å². The van der Waals surface area contributed by atoms with Crippen molar-refractivity contribution in [2.45, 2.75) is 13.5 Å². The number of aromatic hydroxyl groups is 1. The Morgan fingerprint density at radius 2 is 1.95 bits per heavy atom. The normalized spacial score (nSPS) is 10.5. The van der Waals surface area contributed by atoms with Gasteiger partial charge in [0.1, 0.15) is 11.6 Å². The lowest BCUT2D eigenvalue weighted by atomic mass is 10.1. The van der Waals surface area contributed by atoms with E-state index in [1.165, 1.54) is 12.1 Å². The summed E-state index contributed by atoms with van der Waals surface area (Å²) in [6.45, 7) is 2.04. The van der Waals surface area contributed by atoms with Gasteiger partial charge in [-0.2, -0.15) is 0 Å². The number of anilines is 1. The Kier molecular flexibility index (Phi) is 4.17. The van der Waals surface area contributed by atoms with Gasteiger partial charge in [-0.1, -0.05) is 29.3 Å². The zero-order valence-electron chi connectivity index (χ0n) is 10.2. The molecule has 0 fully saturated rings. The maximum Gasteiger partial charge on any atom is 0.146 e. The van der Waals surface area contributed by atoms with Gasteiger partial charge in [-0.3, -0.25) is 0 Å². The molecule has 0 aliphatic heterocycles. The number of benzene rings is 2. The highest BCUT2D eigenvalue weighted by molar-refractivity contribution is 6.35. The Morgan fingerprint density at radius 1 is 1.21 bits per heavy atom.